The lowest BCUT2D eigenvalue weighted by atomic mass is 9.84. The third-order valence-electron chi connectivity index (χ3n) is 3.85. The SMILES string of the molecule is C[C@H](NC1CCCCC1C(=O)O)c1ccccc1.Cl. The Morgan fingerprint density at radius 3 is 2.53 bits per heavy atom. The summed E-state index contributed by atoms with van der Waals surface area (Å²) in [7, 11) is 0. The fourth-order valence-electron chi connectivity index (χ4n) is 2.78. The molecule has 0 aromatic heterocycles. The zero-order valence-electron chi connectivity index (χ0n) is 11.2. The van der Waals surface area contributed by atoms with Gasteiger partial charge in [-0.3, -0.25) is 4.79 Å². The van der Waals surface area contributed by atoms with Crippen LogP contribution in [0.3, 0.4) is 0 Å². The van der Waals surface area contributed by atoms with Crippen molar-refractivity contribution in [3.63, 3.8) is 0 Å². The predicted molar refractivity (Wildman–Crippen MR) is 78.6 cm³/mol. The number of nitrogens with one attached hydrogen (secondary N) is 1. The smallest absolute Gasteiger partial charge is 0.308 e. The lowest BCUT2D eigenvalue weighted by Crippen LogP contribution is -2.43. The summed E-state index contributed by atoms with van der Waals surface area (Å²) in [5.74, 6) is -0.891. The van der Waals surface area contributed by atoms with Crippen LogP contribution < -0.4 is 5.32 Å². The van der Waals surface area contributed by atoms with E-state index in [1.165, 1.54) is 5.56 Å². The maximum absolute atomic E-state index is 11.2. The van der Waals surface area contributed by atoms with E-state index in [1.54, 1.807) is 0 Å². The van der Waals surface area contributed by atoms with Gasteiger partial charge in [-0.05, 0) is 25.3 Å². The van der Waals surface area contributed by atoms with Crippen LogP contribution in [-0.2, 0) is 4.79 Å². The second-order valence-electron chi connectivity index (χ2n) is 5.13. The molecule has 2 N–H and O–H groups in total. The number of halogens is 1. The van der Waals surface area contributed by atoms with E-state index in [2.05, 4.69) is 24.4 Å². The standard InChI is InChI=1S/C15H21NO2.ClH/c1-11(12-7-3-2-4-8-12)16-14-10-6-5-9-13(14)15(17)18;/h2-4,7-8,11,13-14,16H,5-6,9-10H2,1H3,(H,17,18);1H/t11-,13?,14?;/m0./s1. The Balaban J connectivity index is 0.00000180. The van der Waals surface area contributed by atoms with E-state index in [0.29, 0.717) is 0 Å². The van der Waals surface area contributed by atoms with Crippen molar-refractivity contribution in [2.24, 2.45) is 5.92 Å². The highest BCUT2D eigenvalue weighted by molar-refractivity contribution is 5.85. The topological polar surface area (TPSA) is 49.3 Å². The van der Waals surface area contributed by atoms with Gasteiger partial charge in [-0.2, -0.15) is 0 Å². The number of hydrogen-bond donors (Lipinski definition) is 2. The lowest BCUT2D eigenvalue weighted by Gasteiger charge is -2.32. The van der Waals surface area contributed by atoms with Gasteiger partial charge in [0.15, 0.2) is 0 Å². The number of carboxylic acids is 1. The van der Waals surface area contributed by atoms with Gasteiger partial charge in [-0.25, -0.2) is 0 Å². The minimum atomic E-state index is -0.660. The Morgan fingerprint density at radius 1 is 1.26 bits per heavy atom. The fraction of sp³-hybridized carbons (Fsp3) is 0.533. The second kappa shape index (κ2) is 7.51. The summed E-state index contributed by atoms with van der Waals surface area (Å²) in [6, 6.07) is 10.5. The van der Waals surface area contributed by atoms with Crippen molar-refractivity contribution in [3.8, 4) is 0 Å². The van der Waals surface area contributed by atoms with E-state index in [-0.39, 0.29) is 30.4 Å². The van der Waals surface area contributed by atoms with Crippen LogP contribution in [0.1, 0.15) is 44.2 Å². The van der Waals surface area contributed by atoms with Crippen LogP contribution in [0.4, 0.5) is 0 Å². The molecule has 2 unspecified atom stereocenters. The minimum absolute atomic E-state index is 0. The number of carboxylic acid groups (broad SMARTS) is 1. The van der Waals surface area contributed by atoms with Crippen LogP contribution >= 0.6 is 12.4 Å². The Labute approximate surface area is 120 Å². The quantitative estimate of drug-likeness (QED) is 0.890. The summed E-state index contributed by atoms with van der Waals surface area (Å²) in [4.78, 5) is 11.2. The van der Waals surface area contributed by atoms with Gasteiger partial charge in [-0.1, -0.05) is 43.2 Å². The van der Waals surface area contributed by atoms with Crippen LogP contribution in [0.15, 0.2) is 30.3 Å². The fourth-order valence-corrected chi connectivity index (χ4v) is 2.78. The largest absolute Gasteiger partial charge is 0.481 e. The molecule has 0 saturated heterocycles. The number of carbonyl (C=O) groups is 1. The van der Waals surface area contributed by atoms with Crippen molar-refractivity contribution >= 4 is 18.4 Å². The molecule has 1 aromatic rings. The molecule has 1 fully saturated rings. The summed E-state index contributed by atoms with van der Waals surface area (Å²) < 4.78 is 0. The average Bonchev–Trinajstić information content (AvgIpc) is 2.40. The number of benzene rings is 1. The van der Waals surface area contributed by atoms with Gasteiger partial charge in [0.2, 0.25) is 0 Å². The highest BCUT2D eigenvalue weighted by Gasteiger charge is 2.31. The summed E-state index contributed by atoms with van der Waals surface area (Å²) in [5, 5.41) is 12.7. The van der Waals surface area contributed by atoms with Gasteiger partial charge >= 0.3 is 5.97 Å². The number of aliphatic carboxylic acids is 1. The Hall–Kier alpha value is -1.06. The average molecular weight is 284 g/mol. The Morgan fingerprint density at radius 2 is 1.89 bits per heavy atom. The molecule has 0 heterocycles. The van der Waals surface area contributed by atoms with Crippen molar-refractivity contribution in [2.45, 2.75) is 44.7 Å². The van der Waals surface area contributed by atoms with Gasteiger partial charge in [0, 0.05) is 12.1 Å². The molecule has 0 aliphatic heterocycles. The van der Waals surface area contributed by atoms with Crippen molar-refractivity contribution < 1.29 is 9.90 Å². The first-order valence-corrected chi connectivity index (χ1v) is 6.72. The van der Waals surface area contributed by atoms with Crippen molar-refractivity contribution in [3.05, 3.63) is 35.9 Å². The molecular weight excluding hydrogens is 262 g/mol. The predicted octanol–water partition coefficient (Wildman–Crippen LogP) is 3.40. The highest BCUT2D eigenvalue weighted by atomic mass is 35.5. The number of hydrogen-bond acceptors (Lipinski definition) is 2. The Bertz CT molecular complexity index is 396. The summed E-state index contributed by atoms with van der Waals surface area (Å²) in [5.41, 5.74) is 1.22. The molecule has 0 radical (unpaired) electrons. The first-order valence-electron chi connectivity index (χ1n) is 6.72. The van der Waals surface area contributed by atoms with Crippen molar-refractivity contribution in [1.82, 2.24) is 5.32 Å². The maximum Gasteiger partial charge on any atom is 0.308 e. The first-order chi connectivity index (χ1) is 8.68. The van der Waals surface area contributed by atoms with Crippen molar-refractivity contribution in [1.29, 1.82) is 0 Å². The molecule has 19 heavy (non-hydrogen) atoms. The molecule has 1 aromatic carbocycles. The van der Waals surface area contributed by atoms with E-state index < -0.39 is 5.97 Å². The molecule has 1 saturated carbocycles. The molecule has 4 heteroatoms. The van der Waals surface area contributed by atoms with Crippen molar-refractivity contribution in [2.75, 3.05) is 0 Å². The molecule has 0 amide bonds. The van der Waals surface area contributed by atoms with Gasteiger partial charge < -0.3 is 10.4 Å². The summed E-state index contributed by atoms with van der Waals surface area (Å²) in [6.45, 7) is 2.10. The minimum Gasteiger partial charge on any atom is -0.481 e. The normalized spacial score (nSPS) is 24.3. The molecule has 1 aliphatic carbocycles. The van der Waals surface area contributed by atoms with Crippen LogP contribution in [0.5, 0.6) is 0 Å². The Kier molecular flexibility index (Phi) is 6.32. The highest BCUT2D eigenvalue weighted by Crippen LogP contribution is 2.27. The zero-order chi connectivity index (χ0) is 13.0. The van der Waals surface area contributed by atoms with E-state index in [4.69, 9.17) is 0 Å². The molecule has 2 rings (SSSR count). The van der Waals surface area contributed by atoms with Gasteiger partial charge in [0.25, 0.3) is 0 Å². The molecule has 1 aliphatic rings. The van der Waals surface area contributed by atoms with Crippen LogP contribution in [0.2, 0.25) is 0 Å². The second-order valence-corrected chi connectivity index (χ2v) is 5.13. The molecular formula is C15H22ClNO2. The van der Waals surface area contributed by atoms with Gasteiger partial charge in [0.05, 0.1) is 5.92 Å². The third-order valence-corrected chi connectivity index (χ3v) is 3.85. The van der Waals surface area contributed by atoms with Crippen LogP contribution in [0.25, 0.3) is 0 Å². The maximum atomic E-state index is 11.2. The third kappa shape index (κ3) is 4.22. The van der Waals surface area contributed by atoms with Crippen LogP contribution in [0, 0.1) is 5.92 Å². The van der Waals surface area contributed by atoms with Gasteiger partial charge in [0.1, 0.15) is 0 Å². The first kappa shape index (κ1) is 16.0. The summed E-state index contributed by atoms with van der Waals surface area (Å²) >= 11 is 0. The van der Waals surface area contributed by atoms with Gasteiger partial charge in [-0.15, -0.1) is 12.4 Å². The molecule has 3 nitrogen and oxygen atoms in total. The molecule has 3 atom stereocenters. The number of rotatable bonds is 4. The summed E-state index contributed by atoms with van der Waals surface area (Å²) in [6.07, 6.45) is 3.93. The van der Waals surface area contributed by atoms with Crippen LogP contribution in [-0.4, -0.2) is 17.1 Å². The van der Waals surface area contributed by atoms with E-state index in [9.17, 15) is 9.90 Å². The molecule has 0 spiro atoms. The van der Waals surface area contributed by atoms with E-state index in [0.717, 1.165) is 25.7 Å². The molecule has 0 bridgehead atoms. The van der Waals surface area contributed by atoms with E-state index in [1.807, 2.05) is 18.2 Å². The molecule has 106 valence electrons. The zero-order valence-corrected chi connectivity index (χ0v) is 12.0. The van der Waals surface area contributed by atoms with E-state index >= 15 is 0 Å². The lowest BCUT2D eigenvalue weighted by molar-refractivity contribution is -0.143. The monoisotopic (exact) mass is 283 g/mol.